The fourth-order valence-corrected chi connectivity index (χ4v) is 6.53. The van der Waals surface area contributed by atoms with Crippen molar-refractivity contribution in [3.05, 3.63) is 70.6 Å². The molecule has 5 rings (SSSR count). The van der Waals surface area contributed by atoms with Gasteiger partial charge < -0.3 is 15.1 Å². The fourth-order valence-electron chi connectivity index (χ4n) is 5.24. The number of benzene rings is 2. The van der Waals surface area contributed by atoms with Gasteiger partial charge in [0.15, 0.2) is 0 Å². The minimum absolute atomic E-state index is 0.0375. The maximum absolute atomic E-state index is 13.3. The molecule has 36 heavy (non-hydrogen) atoms. The summed E-state index contributed by atoms with van der Waals surface area (Å²) in [5.41, 5.74) is 0.852. The number of fused-ring (bicyclic) bond motifs is 1. The number of amides is 2. The number of carbonyl (C=O) groups excluding carboxylic acids is 2. The summed E-state index contributed by atoms with van der Waals surface area (Å²) in [5, 5.41) is 3.37. The highest BCUT2D eigenvalue weighted by molar-refractivity contribution is 8.04. The average Bonchev–Trinajstić information content (AvgIpc) is 2.89. The Kier molecular flexibility index (Phi) is 7.01. The number of carbonyl (C=O) groups is 2. The van der Waals surface area contributed by atoms with E-state index in [1.807, 2.05) is 46.2 Å². The van der Waals surface area contributed by atoms with Crippen LogP contribution in [0.25, 0.3) is 6.08 Å². The molecule has 2 aromatic carbocycles. The van der Waals surface area contributed by atoms with Crippen LogP contribution in [0.3, 0.4) is 0 Å². The number of hydrogen-bond donors (Lipinski definition) is 1. The van der Waals surface area contributed by atoms with Gasteiger partial charge in [0, 0.05) is 49.1 Å². The standard InChI is InChI=1S/C27H28F3N3O2S/c28-27(29,30)20-7-4-8-21(17-20)32-11-13-33(14-12-32)26(35)19-9-10-23-22(16-19)31-25(34)24(36-23)15-18-5-2-1-3-6-18/h1-8,15,17,19,22-23H,9-14,16H2,(H,31,34)/b24-15-. The maximum atomic E-state index is 13.3. The quantitative estimate of drug-likeness (QED) is 0.597. The summed E-state index contributed by atoms with van der Waals surface area (Å²) < 4.78 is 39.2. The van der Waals surface area contributed by atoms with Crippen LogP contribution in [0.4, 0.5) is 18.9 Å². The predicted molar refractivity (Wildman–Crippen MR) is 135 cm³/mol. The lowest BCUT2D eigenvalue weighted by Crippen LogP contribution is -2.54. The third-order valence-corrected chi connectivity index (χ3v) is 8.61. The number of hydrogen-bond acceptors (Lipinski definition) is 4. The van der Waals surface area contributed by atoms with Gasteiger partial charge in [0.05, 0.1) is 10.5 Å². The van der Waals surface area contributed by atoms with E-state index >= 15 is 0 Å². The molecule has 2 amide bonds. The van der Waals surface area contributed by atoms with Gasteiger partial charge in [-0.1, -0.05) is 36.4 Å². The highest BCUT2D eigenvalue weighted by atomic mass is 32.2. The Balaban J connectivity index is 1.16. The van der Waals surface area contributed by atoms with Crippen molar-refractivity contribution >= 4 is 35.3 Å². The molecule has 0 radical (unpaired) electrons. The summed E-state index contributed by atoms with van der Waals surface area (Å²) in [7, 11) is 0. The van der Waals surface area contributed by atoms with E-state index in [0.717, 1.165) is 24.5 Å². The maximum Gasteiger partial charge on any atom is 0.416 e. The number of alkyl halides is 3. The van der Waals surface area contributed by atoms with Crippen LogP contribution in [-0.4, -0.2) is 54.2 Å². The number of nitrogens with one attached hydrogen (secondary N) is 1. The van der Waals surface area contributed by atoms with Gasteiger partial charge >= 0.3 is 6.18 Å². The zero-order valence-corrected chi connectivity index (χ0v) is 20.5. The first-order valence-corrected chi connectivity index (χ1v) is 13.1. The number of thioether (sulfide) groups is 1. The molecular formula is C27H28F3N3O2S. The molecule has 0 spiro atoms. The first-order chi connectivity index (χ1) is 17.3. The third-order valence-electron chi connectivity index (χ3n) is 7.18. The smallest absolute Gasteiger partial charge is 0.368 e. The Morgan fingerprint density at radius 3 is 2.47 bits per heavy atom. The van der Waals surface area contributed by atoms with E-state index in [1.165, 1.54) is 12.1 Å². The van der Waals surface area contributed by atoms with Gasteiger partial charge in [-0.3, -0.25) is 9.59 Å². The summed E-state index contributed by atoms with van der Waals surface area (Å²) >= 11 is 1.61. The SMILES string of the molecule is O=C1NC2CC(C(=O)N3CCN(c4cccc(C(F)(F)F)c4)CC3)CCC2S/C1=C\c1ccccc1. The van der Waals surface area contributed by atoms with E-state index < -0.39 is 11.7 Å². The number of halogens is 3. The van der Waals surface area contributed by atoms with Crippen molar-refractivity contribution in [2.45, 2.75) is 36.7 Å². The molecule has 5 nitrogen and oxygen atoms in total. The average molecular weight is 516 g/mol. The third kappa shape index (κ3) is 5.40. The summed E-state index contributed by atoms with van der Waals surface area (Å²) in [6, 6.07) is 15.1. The Bertz CT molecular complexity index is 1150. The molecule has 1 saturated carbocycles. The molecule has 2 aromatic rings. The topological polar surface area (TPSA) is 52.7 Å². The van der Waals surface area contributed by atoms with Crippen LogP contribution in [0.15, 0.2) is 59.5 Å². The van der Waals surface area contributed by atoms with E-state index in [1.54, 1.807) is 17.8 Å². The van der Waals surface area contributed by atoms with Gasteiger partial charge in [0.25, 0.3) is 5.91 Å². The first-order valence-electron chi connectivity index (χ1n) is 12.2. The van der Waals surface area contributed by atoms with Crippen LogP contribution in [-0.2, 0) is 15.8 Å². The van der Waals surface area contributed by atoms with E-state index in [-0.39, 0.29) is 29.0 Å². The normalized spacial score (nSPS) is 25.9. The fraction of sp³-hybridized carbons (Fsp3) is 0.407. The molecule has 3 unspecified atom stereocenters. The molecule has 2 aliphatic heterocycles. The highest BCUT2D eigenvalue weighted by Crippen LogP contribution is 2.40. The second-order valence-electron chi connectivity index (χ2n) is 9.53. The lowest BCUT2D eigenvalue weighted by Gasteiger charge is -2.42. The molecular weight excluding hydrogens is 487 g/mol. The number of anilines is 1. The molecule has 3 aliphatic rings. The Morgan fingerprint density at radius 1 is 1.00 bits per heavy atom. The van der Waals surface area contributed by atoms with Gasteiger partial charge in [-0.2, -0.15) is 13.2 Å². The van der Waals surface area contributed by atoms with Crippen molar-refractivity contribution < 1.29 is 22.8 Å². The molecule has 1 N–H and O–H groups in total. The first kappa shape index (κ1) is 24.7. The minimum atomic E-state index is -4.38. The largest absolute Gasteiger partial charge is 0.416 e. The van der Waals surface area contributed by atoms with Crippen molar-refractivity contribution in [1.82, 2.24) is 10.2 Å². The summed E-state index contributed by atoms with van der Waals surface area (Å²) in [4.78, 5) is 30.4. The monoisotopic (exact) mass is 515 g/mol. The number of nitrogens with zero attached hydrogens (tertiary/aromatic N) is 2. The molecule has 3 atom stereocenters. The van der Waals surface area contributed by atoms with Crippen molar-refractivity contribution in [3.8, 4) is 0 Å². The van der Waals surface area contributed by atoms with E-state index in [2.05, 4.69) is 5.32 Å². The predicted octanol–water partition coefficient (Wildman–Crippen LogP) is 4.80. The van der Waals surface area contributed by atoms with Gasteiger partial charge in [0.2, 0.25) is 5.91 Å². The van der Waals surface area contributed by atoms with Crippen molar-refractivity contribution in [1.29, 1.82) is 0 Å². The number of piperazine rings is 1. The zero-order valence-electron chi connectivity index (χ0n) is 19.7. The Labute approximate surface area is 212 Å². The molecule has 190 valence electrons. The summed E-state index contributed by atoms with van der Waals surface area (Å²) in [6.07, 6.45) is -0.221. The van der Waals surface area contributed by atoms with Crippen LogP contribution in [0, 0.1) is 5.92 Å². The summed E-state index contributed by atoms with van der Waals surface area (Å²) in [6.45, 7) is 1.94. The molecule has 1 aliphatic carbocycles. The lowest BCUT2D eigenvalue weighted by atomic mass is 9.84. The van der Waals surface area contributed by atoms with E-state index in [9.17, 15) is 22.8 Å². The Morgan fingerprint density at radius 2 is 1.75 bits per heavy atom. The van der Waals surface area contributed by atoms with Crippen LogP contribution in [0.5, 0.6) is 0 Å². The van der Waals surface area contributed by atoms with Gasteiger partial charge in [-0.05, 0) is 49.1 Å². The Hall–Kier alpha value is -2.94. The molecule has 2 saturated heterocycles. The van der Waals surface area contributed by atoms with Gasteiger partial charge in [-0.15, -0.1) is 11.8 Å². The molecule has 3 fully saturated rings. The van der Waals surface area contributed by atoms with Crippen LogP contribution in [0.1, 0.15) is 30.4 Å². The molecule has 2 heterocycles. The molecule has 9 heteroatoms. The minimum Gasteiger partial charge on any atom is -0.368 e. The molecule has 0 aromatic heterocycles. The second-order valence-corrected chi connectivity index (χ2v) is 10.8. The van der Waals surface area contributed by atoms with Crippen molar-refractivity contribution in [2.24, 2.45) is 5.92 Å². The van der Waals surface area contributed by atoms with Crippen molar-refractivity contribution in [2.75, 3.05) is 31.1 Å². The summed E-state index contributed by atoms with van der Waals surface area (Å²) in [5.74, 6) is -0.151. The van der Waals surface area contributed by atoms with Crippen molar-refractivity contribution in [3.63, 3.8) is 0 Å². The second kappa shape index (κ2) is 10.2. The molecule has 0 bridgehead atoms. The van der Waals surface area contributed by atoms with Crippen LogP contribution in [0.2, 0.25) is 0 Å². The van der Waals surface area contributed by atoms with E-state index in [0.29, 0.717) is 43.2 Å². The lowest BCUT2D eigenvalue weighted by molar-refractivity contribution is -0.138. The highest BCUT2D eigenvalue weighted by Gasteiger charge is 2.41. The van der Waals surface area contributed by atoms with Crippen LogP contribution < -0.4 is 10.2 Å². The number of rotatable bonds is 3. The van der Waals surface area contributed by atoms with Gasteiger partial charge in [-0.25, -0.2) is 0 Å². The van der Waals surface area contributed by atoms with Gasteiger partial charge in [0.1, 0.15) is 0 Å². The van der Waals surface area contributed by atoms with Crippen LogP contribution >= 0.6 is 11.8 Å². The van der Waals surface area contributed by atoms with E-state index in [4.69, 9.17) is 0 Å². The zero-order chi connectivity index (χ0) is 25.3.